The molecule has 0 saturated heterocycles. The molecule has 1 N–H and O–H groups in total. The van der Waals surface area contributed by atoms with Crippen LogP contribution in [0.5, 0.6) is 5.75 Å². The van der Waals surface area contributed by atoms with E-state index >= 15 is 0 Å². The van der Waals surface area contributed by atoms with Gasteiger partial charge in [-0.1, -0.05) is 12.1 Å². The second-order valence-electron chi connectivity index (χ2n) is 10.7. The number of benzene rings is 2. The highest BCUT2D eigenvalue weighted by molar-refractivity contribution is 7.14. The molecule has 0 fully saturated rings. The summed E-state index contributed by atoms with van der Waals surface area (Å²) in [6, 6.07) is 10.9. The number of carbonyl (C=O) groups is 1. The molecule has 2 aromatic heterocycles. The zero-order valence-electron chi connectivity index (χ0n) is 23.9. The van der Waals surface area contributed by atoms with Crippen molar-refractivity contribution in [2.75, 3.05) is 11.5 Å². The van der Waals surface area contributed by atoms with E-state index in [9.17, 15) is 41.9 Å². The molecule has 0 aliphatic carbocycles. The van der Waals surface area contributed by atoms with Gasteiger partial charge in [0.25, 0.3) is 5.56 Å². The van der Waals surface area contributed by atoms with Gasteiger partial charge in [0.2, 0.25) is 0 Å². The first-order valence-corrected chi connectivity index (χ1v) is 14.0. The quantitative estimate of drug-likeness (QED) is 0.208. The molecular weight excluding hydrogens is 605 g/mol. The zero-order chi connectivity index (χ0) is 32.6. The molecule has 0 radical (unpaired) electrons. The van der Waals surface area contributed by atoms with Crippen molar-refractivity contribution in [2.45, 2.75) is 46.0 Å². The lowest BCUT2D eigenvalue weighted by atomic mass is 10.0. The molecule has 0 unspecified atom stereocenters. The van der Waals surface area contributed by atoms with E-state index in [0.29, 0.717) is 29.0 Å². The lowest BCUT2D eigenvalue weighted by Crippen LogP contribution is -2.45. The number of amides is 1. The Balaban J connectivity index is 1.92. The number of nitrogens with zero attached hydrogens (tertiary/aromatic N) is 3. The third-order valence-electron chi connectivity index (χ3n) is 6.61. The van der Waals surface area contributed by atoms with Gasteiger partial charge in [-0.25, -0.2) is 13.6 Å². The van der Waals surface area contributed by atoms with Gasteiger partial charge in [0.05, 0.1) is 35.0 Å². The van der Waals surface area contributed by atoms with Crippen molar-refractivity contribution in [3.63, 3.8) is 0 Å². The molecule has 2 heterocycles. The minimum atomic E-state index is -5.05. The molecule has 230 valence electrons. The van der Waals surface area contributed by atoms with Gasteiger partial charge < -0.3 is 14.4 Å². The number of hydrogen-bond acceptors (Lipinski definition) is 5. The van der Waals surface area contributed by atoms with Crippen LogP contribution in [0, 0.1) is 23.0 Å². The van der Waals surface area contributed by atoms with Crippen LogP contribution >= 0.6 is 11.3 Å². The number of ether oxygens (including phenoxy) is 1. The van der Waals surface area contributed by atoms with Gasteiger partial charge in [0.1, 0.15) is 29.0 Å². The highest BCUT2D eigenvalue weighted by atomic mass is 32.1. The Bertz CT molecular complexity index is 1830. The zero-order valence-corrected chi connectivity index (χ0v) is 24.7. The highest BCUT2D eigenvalue weighted by Gasteiger charge is 2.37. The third-order valence-corrected chi connectivity index (χ3v) is 7.56. The topological polar surface area (TPSA) is 95.6 Å². The second-order valence-corrected chi connectivity index (χ2v) is 11.6. The van der Waals surface area contributed by atoms with E-state index in [4.69, 9.17) is 4.74 Å². The average Bonchev–Trinajstić information content (AvgIpc) is 3.40. The van der Waals surface area contributed by atoms with Crippen LogP contribution in [0.25, 0.3) is 21.7 Å². The van der Waals surface area contributed by atoms with Crippen molar-refractivity contribution in [2.24, 2.45) is 0 Å². The van der Waals surface area contributed by atoms with Crippen molar-refractivity contribution in [3.05, 3.63) is 92.6 Å². The molecule has 7 nitrogen and oxygen atoms in total. The summed E-state index contributed by atoms with van der Waals surface area (Å²) in [5.74, 6) is -1.59. The molecule has 1 amide bonds. The summed E-state index contributed by atoms with van der Waals surface area (Å²) in [5.41, 5.74) is -3.94. The summed E-state index contributed by atoms with van der Waals surface area (Å²) in [5, 5.41) is 21.0. The second kappa shape index (κ2) is 12.1. The van der Waals surface area contributed by atoms with Gasteiger partial charge >= 0.3 is 12.3 Å². The van der Waals surface area contributed by atoms with Crippen LogP contribution in [0.1, 0.15) is 44.4 Å². The van der Waals surface area contributed by atoms with Crippen molar-refractivity contribution in [1.29, 1.82) is 5.26 Å². The van der Waals surface area contributed by atoms with Crippen LogP contribution in [-0.2, 0) is 12.7 Å². The lowest BCUT2D eigenvalue weighted by molar-refractivity contribution is -0.137. The number of aromatic nitrogens is 1. The van der Waals surface area contributed by atoms with Crippen LogP contribution in [-0.4, -0.2) is 27.9 Å². The number of alkyl halides is 3. The Kier molecular flexibility index (Phi) is 8.88. The molecular formula is C31H26F5N3O4S. The number of rotatable bonds is 7. The molecule has 0 aliphatic rings. The summed E-state index contributed by atoms with van der Waals surface area (Å²) < 4.78 is 76.5. The number of hydrogen-bond donors (Lipinski definition) is 1. The van der Waals surface area contributed by atoms with E-state index in [1.165, 1.54) is 12.1 Å². The summed E-state index contributed by atoms with van der Waals surface area (Å²) in [7, 11) is 0. The first-order valence-electron chi connectivity index (χ1n) is 13.1. The molecule has 13 heteroatoms. The first-order chi connectivity index (χ1) is 20.6. The SMILES string of the molecule is CCOc1ccc(-c2csc(-c3cc(C(F)(F)F)c(C#N)c(=O)n3Cc3ccc(F)cc3F)c2)cc1N(C(=O)O)C(C)(C)C. The van der Waals surface area contributed by atoms with E-state index in [1.807, 2.05) is 0 Å². The number of anilines is 1. The van der Waals surface area contributed by atoms with Gasteiger partial charge in [-0.2, -0.15) is 18.4 Å². The molecule has 44 heavy (non-hydrogen) atoms. The van der Waals surface area contributed by atoms with Crippen LogP contribution in [0.2, 0.25) is 0 Å². The predicted octanol–water partition coefficient (Wildman–Crippen LogP) is 8.14. The first kappa shape index (κ1) is 32.2. The van der Waals surface area contributed by atoms with Crippen LogP contribution < -0.4 is 15.2 Å². The van der Waals surface area contributed by atoms with Crippen molar-refractivity contribution in [3.8, 4) is 33.5 Å². The van der Waals surface area contributed by atoms with E-state index in [2.05, 4.69) is 0 Å². The smallest absolute Gasteiger partial charge is 0.417 e. The van der Waals surface area contributed by atoms with E-state index in [0.717, 1.165) is 32.9 Å². The van der Waals surface area contributed by atoms with Gasteiger partial charge in [-0.3, -0.25) is 9.69 Å². The predicted molar refractivity (Wildman–Crippen MR) is 156 cm³/mol. The van der Waals surface area contributed by atoms with Gasteiger partial charge in [0, 0.05) is 17.2 Å². The van der Waals surface area contributed by atoms with Crippen molar-refractivity contribution >= 4 is 23.1 Å². The fourth-order valence-corrected chi connectivity index (χ4v) is 5.62. The Morgan fingerprint density at radius 1 is 1.07 bits per heavy atom. The average molecular weight is 632 g/mol. The Morgan fingerprint density at radius 3 is 2.34 bits per heavy atom. The number of carboxylic acid groups (broad SMARTS) is 1. The molecule has 0 atom stereocenters. The van der Waals surface area contributed by atoms with E-state index in [1.54, 1.807) is 51.3 Å². The van der Waals surface area contributed by atoms with Crippen LogP contribution in [0.15, 0.2) is 58.7 Å². The normalized spacial score (nSPS) is 11.7. The molecule has 0 aliphatic heterocycles. The molecule has 4 rings (SSSR count). The minimum Gasteiger partial charge on any atom is -0.492 e. The van der Waals surface area contributed by atoms with Crippen molar-refractivity contribution < 1.29 is 36.6 Å². The van der Waals surface area contributed by atoms with E-state index < -0.39 is 52.7 Å². The van der Waals surface area contributed by atoms with Crippen LogP contribution in [0.4, 0.5) is 32.4 Å². The summed E-state index contributed by atoms with van der Waals surface area (Å²) in [4.78, 5) is 26.8. The Hall–Kier alpha value is -4.70. The minimum absolute atomic E-state index is 0.177. The Labute approximate surface area is 253 Å². The standard InChI is InChI=1S/C31H26F5N3O4S/c1-5-43-26-9-7-17(10-24(26)39(29(41)42)30(2,3)4)19-11-27(44-16-19)25-13-22(31(34,35)36)21(14-37)28(40)38(25)15-18-6-8-20(32)12-23(18)33/h6-13,16H,5,15H2,1-4H3,(H,41,42). The fraction of sp³-hybridized carbons (Fsp3) is 0.258. The molecule has 0 saturated carbocycles. The third kappa shape index (κ3) is 6.45. The lowest BCUT2D eigenvalue weighted by Gasteiger charge is -2.34. The number of pyridine rings is 1. The maximum absolute atomic E-state index is 14.6. The highest BCUT2D eigenvalue weighted by Crippen LogP contribution is 2.41. The Morgan fingerprint density at radius 2 is 1.77 bits per heavy atom. The summed E-state index contributed by atoms with van der Waals surface area (Å²) >= 11 is 0.986. The molecule has 4 aromatic rings. The fourth-order valence-electron chi connectivity index (χ4n) is 4.68. The number of thiophene rings is 1. The van der Waals surface area contributed by atoms with Crippen LogP contribution in [0.3, 0.4) is 0 Å². The maximum atomic E-state index is 14.6. The molecule has 0 bridgehead atoms. The maximum Gasteiger partial charge on any atom is 0.417 e. The van der Waals surface area contributed by atoms with E-state index in [-0.39, 0.29) is 28.4 Å². The molecule has 2 aromatic carbocycles. The van der Waals surface area contributed by atoms with Gasteiger partial charge in [0.15, 0.2) is 0 Å². The largest absolute Gasteiger partial charge is 0.492 e. The monoisotopic (exact) mass is 631 g/mol. The van der Waals surface area contributed by atoms with Gasteiger partial charge in [-0.15, -0.1) is 11.3 Å². The van der Waals surface area contributed by atoms with Gasteiger partial charge in [-0.05, 0) is 74.5 Å². The molecule has 0 spiro atoms. The van der Waals surface area contributed by atoms with Crippen molar-refractivity contribution in [1.82, 2.24) is 4.57 Å². The number of halogens is 5. The number of nitriles is 1. The summed E-state index contributed by atoms with van der Waals surface area (Å²) in [6.45, 7) is 6.55. The summed E-state index contributed by atoms with van der Waals surface area (Å²) in [6.07, 6.45) is -6.27.